The summed E-state index contributed by atoms with van der Waals surface area (Å²) in [5.74, 6) is 2.61. The summed E-state index contributed by atoms with van der Waals surface area (Å²) in [5.41, 5.74) is 0. The summed E-state index contributed by atoms with van der Waals surface area (Å²) in [6, 6.07) is 2.31. The van der Waals surface area contributed by atoms with Crippen molar-refractivity contribution in [1.82, 2.24) is 0 Å². The van der Waals surface area contributed by atoms with E-state index in [0.29, 0.717) is 0 Å². The van der Waals surface area contributed by atoms with Gasteiger partial charge in [0.25, 0.3) is 0 Å². The van der Waals surface area contributed by atoms with Crippen molar-refractivity contribution in [2.24, 2.45) is 23.7 Å². The van der Waals surface area contributed by atoms with Gasteiger partial charge in [-0.3, -0.25) is 0 Å². The quantitative estimate of drug-likeness (QED) is 0.599. The molecule has 0 heterocycles. The fourth-order valence-electron chi connectivity index (χ4n) is 1.74. The Labute approximate surface area is 95.9 Å². The minimum Gasteiger partial charge on any atom is -0.198 e. The summed E-state index contributed by atoms with van der Waals surface area (Å²) in [4.78, 5) is 0. The van der Waals surface area contributed by atoms with Crippen LogP contribution in [-0.2, 0) is 0 Å². The smallest absolute Gasteiger partial charge is 0.0652 e. The van der Waals surface area contributed by atoms with E-state index < -0.39 is 0 Å². The molecule has 1 nitrogen and oxygen atoms in total. The fourth-order valence-corrected chi connectivity index (χ4v) is 1.74. The maximum Gasteiger partial charge on any atom is 0.0652 e. The molecular weight excluding hydrogens is 182 g/mol. The maximum absolute atomic E-state index is 8.71. The lowest BCUT2D eigenvalue weighted by Crippen LogP contribution is -2.10. The predicted octanol–water partition coefficient (Wildman–Crippen LogP) is 4.63. The first-order valence-corrected chi connectivity index (χ1v) is 6.37. The highest BCUT2D eigenvalue weighted by Gasteiger charge is 2.13. The van der Waals surface area contributed by atoms with Crippen molar-refractivity contribution in [1.29, 1.82) is 5.26 Å². The van der Waals surface area contributed by atoms with Crippen LogP contribution in [0.1, 0.15) is 60.3 Å². The zero-order chi connectivity index (χ0) is 11.8. The molecule has 1 heteroatoms. The monoisotopic (exact) mass is 209 g/mol. The Morgan fingerprint density at radius 3 is 1.67 bits per heavy atom. The molecule has 0 fully saturated rings. The molecule has 0 radical (unpaired) electrons. The first-order valence-electron chi connectivity index (χ1n) is 6.37. The van der Waals surface area contributed by atoms with Crippen molar-refractivity contribution >= 4 is 0 Å². The fraction of sp³-hybridized carbons (Fsp3) is 0.929. The summed E-state index contributed by atoms with van der Waals surface area (Å²) in [6.45, 7) is 11.3. The van der Waals surface area contributed by atoms with Gasteiger partial charge in [-0.2, -0.15) is 5.26 Å². The second kappa shape index (κ2) is 7.74. The molecule has 15 heavy (non-hydrogen) atoms. The van der Waals surface area contributed by atoms with Gasteiger partial charge in [-0.25, -0.2) is 0 Å². The topological polar surface area (TPSA) is 23.8 Å². The Hall–Kier alpha value is -0.510. The zero-order valence-corrected chi connectivity index (χ0v) is 11.1. The molecule has 3 unspecified atom stereocenters. The predicted molar refractivity (Wildman–Crippen MR) is 66.4 cm³/mol. The lowest BCUT2D eigenvalue weighted by Gasteiger charge is -2.21. The Balaban J connectivity index is 3.69. The van der Waals surface area contributed by atoms with Crippen LogP contribution in [0.5, 0.6) is 0 Å². The number of hydrogen-bond acceptors (Lipinski definition) is 1. The van der Waals surface area contributed by atoms with Crippen LogP contribution >= 0.6 is 0 Å². The van der Waals surface area contributed by atoms with Crippen LogP contribution in [0.2, 0.25) is 0 Å². The van der Waals surface area contributed by atoms with Crippen LogP contribution in [0.25, 0.3) is 0 Å². The largest absolute Gasteiger partial charge is 0.198 e. The highest BCUT2D eigenvalue weighted by Crippen LogP contribution is 2.24. The van der Waals surface area contributed by atoms with E-state index in [0.717, 1.165) is 24.2 Å². The third kappa shape index (κ3) is 7.42. The van der Waals surface area contributed by atoms with Gasteiger partial charge >= 0.3 is 0 Å². The van der Waals surface area contributed by atoms with Gasteiger partial charge in [0.05, 0.1) is 6.07 Å². The molecule has 0 aliphatic rings. The molecule has 0 saturated carbocycles. The van der Waals surface area contributed by atoms with Crippen LogP contribution in [0.3, 0.4) is 0 Å². The van der Waals surface area contributed by atoms with Crippen molar-refractivity contribution in [2.45, 2.75) is 60.3 Å². The van der Waals surface area contributed by atoms with Gasteiger partial charge in [0, 0.05) is 5.92 Å². The van der Waals surface area contributed by atoms with E-state index in [9.17, 15) is 0 Å². The van der Waals surface area contributed by atoms with E-state index in [4.69, 9.17) is 5.26 Å². The standard InChI is InChI=1S/C14H27N/c1-11(2)6-8-13(4)14(5)9-7-12(3)10-15/h11-14H,6-9H2,1-5H3. The zero-order valence-electron chi connectivity index (χ0n) is 11.1. The summed E-state index contributed by atoms with van der Waals surface area (Å²) >= 11 is 0. The average molecular weight is 209 g/mol. The van der Waals surface area contributed by atoms with Gasteiger partial charge in [-0.1, -0.05) is 40.5 Å². The second-order valence-corrected chi connectivity index (χ2v) is 5.53. The molecular formula is C14H27N. The molecule has 0 aliphatic carbocycles. The molecule has 0 aromatic carbocycles. The summed E-state index contributed by atoms with van der Waals surface area (Å²) in [7, 11) is 0. The molecule has 88 valence electrons. The van der Waals surface area contributed by atoms with Crippen LogP contribution in [0, 0.1) is 35.0 Å². The van der Waals surface area contributed by atoms with Crippen molar-refractivity contribution in [2.75, 3.05) is 0 Å². The highest BCUT2D eigenvalue weighted by atomic mass is 14.3. The van der Waals surface area contributed by atoms with E-state index in [1.54, 1.807) is 0 Å². The number of nitriles is 1. The van der Waals surface area contributed by atoms with Gasteiger partial charge in [-0.05, 0) is 37.5 Å². The summed E-state index contributed by atoms with van der Waals surface area (Å²) in [6.07, 6.45) is 4.93. The van der Waals surface area contributed by atoms with Gasteiger partial charge in [0.2, 0.25) is 0 Å². The molecule has 3 atom stereocenters. The van der Waals surface area contributed by atoms with Gasteiger partial charge in [0.1, 0.15) is 0 Å². The third-order valence-electron chi connectivity index (χ3n) is 3.45. The lowest BCUT2D eigenvalue weighted by molar-refractivity contribution is 0.308. The minimum absolute atomic E-state index is 0.227. The van der Waals surface area contributed by atoms with E-state index >= 15 is 0 Å². The summed E-state index contributed by atoms with van der Waals surface area (Å²) in [5, 5.41) is 8.71. The number of rotatable bonds is 7. The molecule has 0 rings (SSSR count). The summed E-state index contributed by atoms with van der Waals surface area (Å²) < 4.78 is 0. The maximum atomic E-state index is 8.71. The highest BCUT2D eigenvalue weighted by molar-refractivity contribution is 4.79. The molecule has 0 aromatic rings. The van der Waals surface area contributed by atoms with Crippen molar-refractivity contribution < 1.29 is 0 Å². The Kier molecular flexibility index (Phi) is 7.48. The van der Waals surface area contributed by atoms with Gasteiger partial charge in [-0.15, -0.1) is 0 Å². The third-order valence-corrected chi connectivity index (χ3v) is 3.45. The van der Waals surface area contributed by atoms with E-state index in [1.807, 2.05) is 6.92 Å². The van der Waals surface area contributed by atoms with E-state index in [-0.39, 0.29) is 5.92 Å². The number of hydrogen-bond donors (Lipinski definition) is 0. The van der Waals surface area contributed by atoms with Crippen LogP contribution in [0.4, 0.5) is 0 Å². The molecule has 0 spiro atoms. The van der Waals surface area contributed by atoms with Gasteiger partial charge < -0.3 is 0 Å². The molecule has 0 N–H and O–H groups in total. The molecule has 0 saturated heterocycles. The molecule has 0 aromatic heterocycles. The van der Waals surface area contributed by atoms with Gasteiger partial charge in [0.15, 0.2) is 0 Å². The average Bonchev–Trinajstić information content (AvgIpc) is 2.21. The molecule has 0 bridgehead atoms. The van der Waals surface area contributed by atoms with Crippen molar-refractivity contribution in [3.8, 4) is 6.07 Å². The second-order valence-electron chi connectivity index (χ2n) is 5.53. The Morgan fingerprint density at radius 2 is 1.27 bits per heavy atom. The molecule has 0 amide bonds. The minimum atomic E-state index is 0.227. The Morgan fingerprint density at radius 1 is 0.800 bits per heavy atom. The normalized spacial score (nSPS) is 17.1. The first-order chi connectivity index (χ1) is 6.97. The van der Waals surface area contributed by atoms with Crippen LogP contribution in [0.15, 0.2) is 0 Å². The molecule has 0 aliphatic heterocycles. The van der Waals surface area contributed by atoms with Crippen molar-refractivity contribution in [3.63, 3.8) is 0 Å². The lowest BCUT2D eigenvalue weighted by atomic mass is 9.85. The van der Waals surface area contributed by atoms with Crippen molar-refractivity contribution in [3.05, 3.63) is 0 Å². The van der Waals surface area contributed by atoms with E-state index in [2.05, 4.69) is 33.8 Å². The van der Waals surface area contributed by atoms with Crippen LogP contribution < -0.4 is 0 Å². The Bertz CT molecular complexity index is 190. The first kappa shape index (κ1) is 14.5. The number of nitrogens with zero attached hydrogens (tertiary/aromatic N) is 1. The van der Waals surface area contributed by atoms with Crippen LogP contribution in [-0.4, -0.2) is 0 Å². The SMILES string of the molecule is CC(C)CCC(C)C(C)CCC(C)C#N. The van der Waals surface area contributed by atoms with E-state index in [1.165, 1.54) is 19.3 Å².